The van der Waals surface area contributed by atoms with E-state index >= 15 is 0 Å². The molecule has 0 spiro atoms. The number of amides is 1. The number of benzene rings is 1. The summed E-state index contributed by atoms with van der Waals surface area (Å²) in [6.45, 7) is 4.97. The second kappa shape index (κ2) is 5.31. The first kappa shape index (κ1) is 12.6. The van der Waals surface area contributed by atoms with E-state index in [0.29, 0.717) is 6.54 Å². The Morgan fingerprint density at radius 2 is 2.26 bits per heavy atom. The van der Waals surface area contributed by atoms with Gasteiger partial charge < -0.3 is 15.0 Å². The van der Waals surface area contributed by atoms with Crippen molar-refractivity contribution >= 4 is 5.91 Å². The highest BCUT2D eigenvalue weighted by Gasteiger charge is 2.29. The van der Waals surface area contributed by atoms with Crippen molar-refractivity contribution in [3.05, 3.63) is 35.4 Å². The van der Waals surface area contributed by atoms with Gasteiger partial charge in [-0.2, -0.15) is 0 Å². The minimum absolute atomic E-state index is 0.0270. The van der Waals surface area contributed by atoms with E-state index in [4.69, 9.17) is 4.74 Å². The van der Waals surface area contributed by atoms with Crippen LogP contribution in [-0.4, -0.2) is 43.1 Å². The highest BCUT2D eigenvalue weighted by atomic mass is 16.5. The number of hydrogen-bond acceptors (Lipinski definition) is 3. The Morgan fingerprint density at radius 3 is 3.16 bits per heavy atom. The van der Waals surface area contributed by atoms with E-state index in [1.165, 1.54) is 11.1 Å². The monoisotopic (exact) mass is 260 g/mol. The van der Waals surface area contributed by atoms with Gasteiger partial charge >= 0.3 is 0 Å². The maximum Gasteiger partial charge on any atom is 0.239 e. The summed E-state index contributed by atoms with van der Waals surface area (Å²) >= 11 is 0. The quantitative estimate of drug-likeness (QED) is 0.866. The third kappa shape index (κ3) is 2.51. The largest absolute Gasteiger partial charge is 0.371 e. The average Bonchev–Trinajstić information content (AvgIpc) is 2.44. The van der Waals surface area contributed by atoms with Gasteiger partial charge in [0.2, 0.25) is 5.91 Å². The van der Waals surface area contributed by atoms with Crippen molar-refractivity contribution in [3.63, 3.8) is 0 Å². The van der Waals surface area contributed by atoms with Crippen LogP contribution < -0.4 is 5.32 Å². The van der Waals surface area contributed by atoms with Crippen LogP contribution >= 0.6 is 0 Å². The van der Waals surface area contributed by atoms with Crippen LogP contribution in [0.1, 0.15) is 24.2 Å². The number of carbonyl (C=O) groups excluding carboxylic acids is 1. The maximum absolute atomic E-state index is 12.1. The summed E-state index contributed by atoms with van der Waals surface area (Å²) in [5.74, 6) is 0.179. The summed E-state index contributed by atoms with van der Waals surface area (Å²) in [4.78, 5) is 14.0. The summed E-state index contributed by atoms with van der Waals surface area (Å²) in [5.41, 5.74) is 2.60. The Morgan fingerprint density at radius 1 is 1.42 bits per heavy atom. The van der Waals surface area contributed by atoms with Gasteiger partial charge in [-0.15, -0.1) is 0 Å². The van der Waals surface area contributed by atoms with Gasteiger partial charge in [0.15, 0.2) is 0 Å². The van der Waals surface area contributed by atoms with Crippen molar-refractivity contribution < 1.29 is 9.53 Å². The van der Waals surface area contributed by atoms with Crippen LogP contribution in [0.4, 0.5) is 0 Å². The molecule has 19 heavy (non-hydrogen) atoms. The lowest BCUT2D eigenvalue weighted by Gasteiger charge is -2.36. The number of fused-ring (bicyclic) bond motifs is 1. The number of nitrogens with zero attached hydrogens (tertiary/aromatic N) is 1. The molecule has 1 aromatic rings. The fourth-order valence-corrected chi connectivity index (χ4v) is 2.90. The molecule has 1 N–H and O–H groups in total. The molecule has 1 amide bonds. The first-order valence-electron chi connectivity index (χ1n) is 6.97. The highest BCUT2D eigenvalue weighted by molar-refractivity contribution is 5.82. The van der Waals surface area contributed by atoms with Gasteiger partial charge in [0.25, 0.3) is 0 Å². The maximum atomic E-state index is 12.1. The molecule has 0 bridgehead atoms. The lowest BCUT2D eigenvalue weighted by molar-refractivity contribution is -0.137. The molecule has 2 atom stereocenters. The van der Waals surface area contributed by atoms with E-state index in [9.17, 15) is 4.79 Å². The first-order valence-corrected chi connectivity index (χ1v) is 6.97. The van der Waals surface area contributed by atoms with E-state index in [-0.39, 0.29) is 18.1 Å². The highest BCUT2D eigenvalue weighted by Crippen LogP contribution is 2.27. The Bertz CT molecular complexity index is 475. The van der Waals surface area contributed by atoms with Crippen molar-refractivity contribution in [3.8, 4) is 0 Å². The second-order valence-corrected chi connectivity index (χ2v) is 5.27. The Balaban J connectivity index is 1.76. The van der Waals surface area contributed by atoms with Crippen molar-refractivity contribution in [2.75, 3.05) is 26.2 Å². The molecule has 3 rings (SSSR count). The van der Waals surface area contributed by atoms with Gasteiger partial charge in [-0.25, -0.2) is 0 Å². The van der Waals surface area contributed by atoms with E-state index < -0.39 is 0 Å². The predicted octanol–water partition coefficient (Wildman–Crippen LogP) is 1.12. The number of carbonyl (C=O) groups is 1. The fraction of sp³-hybridized carbons (Fsp3) is 0.533. The van der Waals surface area contributed by atoms with Crippen LogP contribution in [0.15, 0.2) is 24.3 Å². The Kier molecular flexibility index (Phi) is 3.53. The molecule has 0 saturated carbocycles. The molecule has 0 aromatic heterocycles. The SMILES string of the molecule is CC1NCCN(CC2OCCc3ccccc32)C1=O. The molecule has 0 aliphatic carbocycles. The van der Waals surface area contributed by atoms with Crippen LogP contribution in [-0.2, 0) is 16.0 Å². The lowest BCUT2D eigenvalue weighted by Crippen LogP contribution is -2.54. The zero-order chi connectivity index (χ0) is 13.2. The van der Waals surface area contributed by atoms with Gasteiger partial charge in [-0.05, 0) is 24.5 Å². The van der Waals surface area contributed by atoms with Crippen LogP contribution in [0, 0.1) is 0 Å². The fourth-order valence-electron chi connectivity index (χ4n) is 2.90. The number of ether oxygens (including phenoxy) is 1. The molecular weight excluding hydrogens is 240 g/mol. The zero-order valence-corrected chi connectivity index (χ0v) is 11.3. The second-order valence-electron chi connectivity index (χ2n) is 5.27. The lowest BCUT2D eigenvalue weighted by atomic mass is 9.97. The summed E-state index contributed by atoms with van der Waals surface area (Å²) in [5, 5.41) is 3.19. The van der Waals surface area contributed by atoms with E-state index in [2.05, 4.69) is 23.5 Å². The van der Waals surface area contributed by atoms with Crippen molar-refractivity contribution in [1.82, 2.24) is 10.2 Å². The van der Waals surface area contributed by atoms with E-state index in [1.807, 2.05) is 17.9 Å². The van der Waals surface area contributed by atoms with Crippen LogP contribution in [0.25, 0.3) is 0 Å². The molecule has 2 unspecified atom stereocenters. The summed E-state index contributed by atoms with van der Waals surface area (Å²) < 4.78 is 5.88. The van der Waals surface area contributed by atoms with Crippen LogP contribution in [0.2, 0.25) is 0 Å². The first-order chi connectivity index (χ1) is 9.25. The minimum Gasteiger partial charge on any atom is -0.371 e. The van der Waals surface area contributed by atoms with Gasteiger partial charge in [0, 0.05) is 13.1 Å². The van der Waals surface area contributed by atoms with Gasteiger partial charge in [0.1, 0.15) is 6.10 Å². The summed E-state index contributed by atoms with van der Waals surface area (Å²) in [6, 6.07) is 8.32. The predicted molar refractivity (Wildman–Crippen MR) is 72.9 cm³/mol. The summed E-state index contributed by atoms with van der Waals surface area (Å²) in [7, 11) is 0. The molecule has 4 nitrogen and oxygen atoms in total. The summed E-state index contributed by atoms with van der Waals surface area (Å²) in [6.07, 6.45) is 0.998. The number of nitrogens with one attached hydrogen (secondary N) is 1. The van der Waals surface area contributed by atoms with E-state index in [1.54, 1.807) is 0 Å². The van der Waals surface area contributed by atoms with Gasteiger partial charge in [-0.3, -0.25) is 4.79 Å². The zero-order valence-electron chi connectivity index (χ0n) is 11.3. The molecule has 1 fully saturated rings. The van der Waals surface area contributed by atoms with Crippen LogP contribution in [0.5, 0.6) is 0 Å². The van der Waals surface area contributed by atoms with Gasteiger partial charge in [-0.1, -0.05) is 24.3 Å². The van der Waals surface area contributed by atoms with Crippen molar-refractivity contribution in [1.29, 1.82) is 0 Å². The Hall–Kier alpha value is -1.39. The topological polar surface area (TPSA) is 41.6 Å². The normalized spacial score (nSPS) is 27.2. The minimum atomic E-state index is -0.0763. The number of piperazine rings is 1. The molecule has 2 aliphatic rings. The molecule has 4 heteroatoms. The van der Waals surface area contributed by atoms with Crippen molar-refractivity contribution in [2.45, 2.75) is 25.5 Å². The average molecular weight is 260 g/mol. The number of hydrogen-bond donors (Lipinski definition) is 1. The Labute approximate surface area is 113 Å². The molecule has 0 radical (unpaired) electrons. The van der Waals surface area contributed by atoms with Crippen molar-refractivity contribution in [2.24, 2.45) is 0 Å². The number of rotatable bonds is 2. The molecule has 2 heterocycles. The standard InChI is InChI=1S/C15H20N2O2/c1-11-15(18)17(8-7-16-11)10-14-13-5-3-2-4-12(13)6-9-19-14/h2-5,11,14,16H,6-10H2,1H3. The van der Waals surface area contributed by atoms with E-state index in [0.717, 1.165) is 26.1 Å². The van der Waals surface area contributed by atoms with Gasteiger partial charge in [0.05, 0.1) is 19.2 Å². The molecule has 1 saturated heterocycles. The molecule has 102 valence electrons. The molecule has 2 aliphatic heterocycles. The molecular formula is C15H20N2O2. The van der Waals surface area contributed by atoms with Crippen LogP contribution in [0.3, 0.4) is 0 Å². The third-order valence-corrected chi connectivity index (χ3v) is 3.99. The third-order valence-electron chi connectivity index (χ3n) is 3.99. The smallest absolute Gasteiger partial charge is 0.239 e. The molecule has 1 aromatic carbocycles.